The monoisotopic (exact) mass is 423 g/mol. The largest absolute Gasteiger partial charge is 0.308 e. The number of carbonyl (C=O) groups excluding carboxylic acids is 1. The second-order valence-electron chi connectivity index (χ2n) is 6.44. The topological polar surface area (TPSA) is 36.4 Å². The number of aromatic nitrogens is 1. The van der Waals surface area contributed by atoms with Crippen LogP contribution in [0.2, 0.25) is 5.02 Å². The predicted molar refractivity (Wildman–Crippen MR) is 118 cm³/mol. The van der Waals surface area contributed by atoms with Crippen LogP contribution in [0.3, 0.4) is 0 Å². The lowest BCUT2D eigenvalue weighted by atomic mass is 10.1. The molecule has 2 aromatic carbocycles. The van der Waals surface area contributed by atoms with Crippen LogP contribution in [0.15, 0.2) is 48.5 Å². The molecule has 0 radical (unpaired) electrons. The molecule has 0 saturated heterocycles. The van der Waals surface area contributed by atoms with Crippen molar-refractivity contribution in [1.29, 1.82) is 0 Å². The second kappa shape index (κ2) is 10.0. The van der Waals surface area contributed by atoms with E-state index in [4.69, 9.17) is 11.6 Å². The van der Waals surface area contributed by atoms with Crippen LogP contribution < -0.4 is 4.90 Å². The summed E-state index contributed by atoms with van der Waals surface area (Å²) in [5.74, 6) is 0.0980. The molecule has 1 amide bonds. The van der Waals surface area contributed by atoms with Gasteiger partial charge < -0.3 is 4.90 Å². The summed E-state index contributed by atoms with van der Waals surface area (Å²) in [6, 6.07) is 15.7. The van der Waals surface area contributed by atoms with Crippen LogP contribution in [0.4, 0.5) is 5.13 Å². The fraction of sp³-hybridized carbons (Fsp3) is 0.300. The van der Waals surface area contributed by atoms with E-state index in [2.05, 4.69) is 22.0 Å². The van der Waals surface area contributed by atoms with E-state index >= 15 is 0 Å². The summed E-state index contributed by atoms with van der Waals surface area (Å²) in [6.45, 7) is 1.40. The Hall–Kier alpha value is -1.66. The number of hydrogen-bond acceptors (Lipinski definition) is 4. The lowest BCUT2D eigenvalue weighted by Crippen LogP contribution is -2.36. The normalized spacial score (nSPS) is 10.8. The summed E-state index contributed by atoms with van der Waals surface area (Å²) in [4.78, 5) is 21.5. The van der Waals surface area contributed by atoms with Crippen LogP contribution >= 0.6 is 35.3 Å². The minimum absolute atomic E-state index is 0. The van der Waals surface area contributed by atoms with Crippen molar-refractivity contribution >= 4 is 56.6 Å². The third-order valence-electron chi connectivity index (χ3n) is 4.11. The average molecular weight is 424 g/mol. The highest BCUT2D eigenvalue weighted by Gasteiger charge is 2.19. The molecule has 0 aliphatic carbocycles. The molecule has 0 unspecified atom stereocenters. The molecule has 7 heteroatoms. The number of fused-ring (bicyclic) bond motifs is 1. The molecule has 0 N–H and O–H groups in total. The molecular weight excluding hydrogens is 401 g/mol. The fourth-order valence-corrected chi connectivity index (χ4v) is 3.94. The van der Waals surface area contributed by atoms with E-state index < -0.39 is 0 Å². The van der Waals surface area contributed by atoms with E-state index in [1.54, 1.807) is 0 Å². The van der Waals surface area contributed by atoms with Crippen molar-refractivity contribution in [2.45, 2.75) is 12.8 Å². The van der Waals surface area contributed by atoms with Crippen LogP contribution in [0.1, 0.15) is 12.0 Å². The van der Waals surface area contributed by atoms with Crippen LogP contribution in [0, 0.1) is 0 Å². The highest BCUT2D eigenvalue weighted by Crippen LogP contribution is 2.31. The van der Waals surface area contributed by atoms with Gasteiger partial charge in [0.25, 0.3) is 0 Å². The van der Waals surface area contributed by atoms with Crippen molar-refractivity contribution in [3.63, 3.8) is 0 Å². The molecule has 3 aromatic rings. The standard InChI is InChI=1S/C20H22ClN3OS.ClH/c1-23(2)12-13-24(19(25)11-8-15-6-4-3-5-7-15)20-22-17-10-9-16(21)14-18(17)26-20;/h3-7,9-10,14H,8,11-13H2,1-2H3;1H. The molecule has 3 rings (SSSR count). The number of aryl methyl sites for hydroxylation is 1. The van der Waals surface area contributed by atoms with Crippen LogP contribution in [0.5, 0.6) is 0 Å². The predicted octanol–water partition coefficient (Wildman–Crippen LogP) is 4.90. The van der Waals surface area contributed by atoms with Gasteiger partial charge in [-0.05, 0) is 44.3 Å². The Kier molecular flexibility index (Phi) is 8.05. The number of benzene rings is 2. The van der Waals surface area contributed by atoms with E-state index in [9.17, 15) is 4.79 Å². The van der Waals surface area contributed by atoms with E-state index in [1.165, 1.54) is 16.9 Å². The van der Waals surface area contributed by atoms with Crippen molar-refractivity contribution in [3.8, 4) is 0 Å². The van der Waals surface area contributed by atoms with Gasteiger partial charge in [-0.25, -0.2) is 4.98 Å². The molecule has 0 spiro atoms. The Morgan fingerprint density at radius 1 is 1.11 bits per heavy atom. The molecule has 4 nitrogen and oxygen atoms in total. The molecule has 144 valence electrons. The van der Waals surface area contributed by atoms with Gasteiger partial charge in [0.1, 0.15) is 0 Å². The van der Waals surface area contributed by atoms with Crippen LogP contribution in [-0.4, -0.2) is 43.0 Å². The lowest BCUT2D eigenvalue weighted by molar-refractivity contribution is -0.118. The summed E-state index contributed by atoms with van der Waals surface area (Å²) in [5, 5.41) is 1.42. The number of rotatable bonds is 7. The molecule has 1 aromatic heterocycles. The Labute approximate surface area is 175 Å². The van der Waals surface area contributed by atoms with Crippen molar-refractivity contribution < 1.29 is 4.79 Å². The molecule has 0 aliphatic heterocycles. The van der Waals surface area contributed by atoms with Crippen LogP contribution in [0.25, 0.3) is 10.2 Å². The Morgan fingerprint density at radius 2 is 1.85 bits per heavy atom. The first-order valence-electron chi connectivity index (χ1n) is 8.58. The highest BCUT2D eigenvalue weighted by molar-refractivity contribution is 7.22. The fourth-order valence-electron chi connectivity index (χ4n) is 2.66. The van der Waals surface area contributed by atoms with Crippen molar-refractivity contribution in [2.75, 3.05) is 32.1 Å². The van der Waals surface area contributed by atoms with Gasteiger partial charge in [-0.1, -0.05) is 53.3 Å². The van der Waals surface area contributed by atoms with Crippen molar-refractivity contribution in [3.05, 3.63) is 59.1 Å². The van der Waals surface area contributed by atoms with Gasteiger partial charge in [-0.15, -0.1) is 12.4 Å². The number of thiazole rings is 1. The smallest absolute Gasteiger partial charge is 0.229 e. The summed E-state index contributed by atoms with van der Waals surface area (Å²) < 4.78 is 0.998. The molecule has 0 fully saturated rings. The maximum Gasteiger partial charge on any atom is 0.229 e. The SMILES string of the molecule is CN(C)CCN(C(=O)CCc1ccccc1)c1nc2ccc(Cl)cc2s1.Cl. The van der Waals surface area contributed by atoms with E-state index in [1.807, 2.05) is 55.4 Å². The van der Waals surface area contributed by atoms with Gasteiger partial charge >= 0.3 is 0 Å². The first-order valence-corrected chi connectivity index (χ1v) is 9.77. The zero-order valence-corrected chi connectivity index (χ0v) is 17.8. The summed E-state index contributed by atoms with van der Waals surface area (Å²) in [5.41, 5.74) is 2.05. The van der Waals surface area contributed by atoms with Crippen molar-refractivity contribution in [1.82, 2.24) is 9.88 Å². The molecule has 27 heavy (non-hydrogen) atoms. The maximum atomic E-state index is 12.9. The second-order valence-corrected chi connectivity index (χ2v) is 7.89. The Bertz CT molecular complexity index is 883. The first kappa shape index (κ1) is 21.6. The van der Waals surface area contributed by atoms with Gasteiger partial charge in [0.15, 0.2) is 5.13 Å². The highest BCUT2D eigenvalue weighted by atomic mass is 35.5. The molecule has 0 aliphatic rings. The zero-order valence-electron chi connectivity index (χ0n) is 15.4. The van der Waals surface area contributed by atoms with Gasteiger partial charge in [0.2, 0.25) is 5.91 Å². The number of anilines is 1. The average Bonchev–Trinajstić information content (AvgIpc) is 3.03. The number of hydrogen-bond donors (Lipinski definition) is 0. The minimum Gasteiger partial charge on any atom is -0.308 e. The molecule has 0 bridgehead atoms. The molecule has 0 saturated carbocycles. The third kappa shape index (κ3) is 5.91. The zero-order chi connectivity index (χ0) is 18.5. The van der Waals surface area contributed by atoms with Gasteiger partial charge in [0, 0.05) is 24.5 Å². The number of halogens is 2. The minimum atomic E-state index is 0. The van der Waals surface area contributed by atoms with Gasteiger partial charge in [-0.3, -0.25) is 9.69 Å². The summed E-state index contributed by atoms with van der Waals surface area (Å²) >= 11 is 7.59. The molecule has 0 atom stereocenters. The number of amides is 1. The maximum absolute atomic E-state index is 12.9. The lowest BCUT2D eigenvalue weighted by Gasteiger charge is -2.22. The van der Waals surface area contributed by atoms with Crippen molar-refractivity contribution in [2.24, 2.45) is 0 Å². The molecular formula is C20H23Cl2N3OS. The summed E-state index contributed by atoms with van der Waals surface area (Å²) in [7, 11) is 4.01. The van der Waals surface area contributed by atoms with E-state index in [0.717, 1.165) is 28.3 Å². The van der Waals surface area contributed by atoms with Gasteiger partial charge in [0.05, 0.1) is 10.2 Å². The Morgan fingerprint density at radius 3 is 2.56 bits per heavy atom. The third-order valence-corrected chi connectivity index (χ3v) is 5.39. The number of likely N-dealkylation sites (N-methyl/N-ethyl adjacent to an activating group) is 1. The first-order chi connectivity index (χ1) is 12.5. The van der Waals surface area contributed by atoms with Gasteiger partial charge in [-0.2, -0.15) is 0 Å². The summed E-state index contributed by atoms with van der Waals surface area (Å²) in [6.07, 6.45) is 1.20. The number of carbonyl (C=O) groups is 1. The number of nitrogens with zero attached hydrogens (tertiary/aromatic N) is 3. The Balaban J connectivity index is 0.00000261. The van der Waals surface area contributed by atoms with E-state index in [0.29, 0.717) is 18.0 Å². The van der Waals surface area contributed by atoms with E-state index in [-0.39, 0.29) is 18.3 Å². The van der Waals surface area contributed by atoms with Crippen LogP contribution in [-0.2, 0) is 11.2 Å². The quantitative estimate of drug-likeness (QED) is 0.542. The molecule has 1 heterocycles.